The zero-order valence-corrected chi connectivity index (χ0v) is 10.5. The summed E-state index contributed by atoms with van der Waals surface area (Å²) in [5.74, 6) is 0. The average molecular weight is 238 g/mol. The summed E-state index contributed by atoms with van der Waals surface area (Å²) in [6, 6.07) is 11.3. The maximum atomic E-state index is 3.28. The minimum Gasteiger partial charge on any atom is -1.00 e. The summed E-state index contributed by atoms with van der Waals surface area (Å²) in [5, 5.41) is 3.28. The third-order valence-corrected chi connectivity index (χ3v) is 1.17. The summed E-state index contributed by atoms with van der Waals surface area (Å²) in [4.78, 5) is 0. The monoisotopic (exact) mass is 237 g/mol. The van der Waals surface area contributed by atoms with E-state index in [4.69, 9.17) is 0 Å². The van der Waals surface area contributed by atoms with Gasteiger partial charge >= 0.3 is 23.1 Å². The second-order valence-corrected chi connectivity index (χ2v) is 2.59. The summed E-state index contributed by atoms with van der Waals surface area (Å²) < 4.78 is 0. The third-order valence-electron chi connectivity index (χ3n) is 1.17. The van der Waals surface area contributed by atoms with E-state index in [0.29, 0.717) is 6.04 Å². The molecule has 1 aromatic rings. The topological polar surface area (TPSA) is 12.0 Å². The fourth-order valence-electron chi connectivity index (χ4n) is 0.816. The summed E-state index contributed by atoms with van der Waals surface area (Å²) in [6.07, 6.45) is 0. The van der Waals surface area contributed by atoms with Crippen molar-refractivity contribution in [3.63, 3.8) is 0 Å². The smallest absolute Gasteiger partial charge is 1.00 e. The zero-order chi connectivity index (χ0) is 7.40. The van der Waals surface area contributed by atoms with Crippen LogP contribution in [0.4, 0.5) is 5.69 Å². The van der Waals surface area contributed by atoms with Crippen LogP contribution in [0.15, 0.2) is 24.3 Å². The molecule has 0 atom stereocenters. The molecule has 0 aliphatic rings. The summed E-state index contributed by atoms with van der Waals surface area (Å²) in [6.45, 7) is 4.24. The van der Waals surface area contributed by atoms with Crippen LogP contribution in [0.2, 0.25) is 0 Å². The Morgan fingerprint density at radius 3 is 2.17 bits per heavy atom. The average Bonchev–Trinajstić information content (AvgIpc) is 1.88. The molecule has 0 radical (unpaired) electrons. The van der Waals surface area contributed by atoms with Crippen LogP contribution in [0.1, 0.15) is 13.8 Å². The maximum Gasteiger partial charge on any atom is 2.00 e. The molecule has 0 bridgehead atoms. The van der Waals surface area contributed by atoms with Crippen LogP contribution in [-0.2, 0) is 0 Å². The summed E-state index contributed by atoms with van der Waals surface area (Å²) in [5.41, 5.74) is 1.16. The van der Waals surface area contributed by atoms with Crippen LogP contribution in [0.3, 0.4) is 0 Å². The molecule has 0 fully saturated rings. The van der Waals surface area contributed by atoms with Gasteiger partial charge in [0.15, 0.2) is 0 Å². The third kappa shape index (κ3) is 5.86. The number of rotatable bonds is 2. The second-order valence-electron chi connectivity index (χ2n) is 2.59. The quantitative estimate of drug-likeness (QED) is 0.511. The van der Waals surface area contributed by atoms with Gasteiger partial charge in [0.1, 0.15) is 0 Å². The Labute approximate surface area is 101 Å². The number of nitrogens with one attached hydrogen (secondary N) is 1. The van der Waals surface area contributed by atoms with Crippen molar-refractivity contribution in [2.75, 3.05) is 5.32 Å². The van der Waals surface area contributed by atoms with E-state index in [0.717, 1.165) is 5.69 Å². The zero-order valence-electron chi connectivity index (χ0n) is 7.47. The van der Waals surface area contributed by atoms with Crippen LogP contribution in [0, 0.1) is 6.07 Å². The van der Waals surface area contributed by atoms with Crippen LogP contribution >= 0.6 is 0 Å². The molecule has 0 spiro atoms. The Hall–Kier alpha value is 0.266. The first-order chi connectivity index (χ1) is 4.79. The van der Waals surface area contributed by atoms with Crippen molar-refractivity contribution in [3.05, 3.63) is 30.3 Å². The second kappa shape index (κ2) is 7.89. The Bertz CT molecular complexity index is 189. The van der Waals surface area contributed by atoms with Crippen molar-refractivity contribution in [2.45, 2.75) is 19.9 Å². The number of anilines is 1. The number of hydrogen-bond donors (Lipinski definition) is 1. The van der Waals surface area contributed by atoms with Crippen molar-refractivity contribution in [3.8, 4) is 0 Å². The first kappa shape index (κ1) is 14.8. The number of halogens is 1. The van der Waals surface area contributed by atoms with Gasteiger partial charge in [-0.25, -0.2) is 0 Å². The molecule has 1 N–H and O–H groups in total. The van der Waals surface area contributed by atoms with Gasteiger partial charge in [-0.1, -0.05) is 5.69 Å². The van der Waals surface area contributed by atoms with Gasteiger partial charge in [-0.2, -0.15) is 18.2 Å². The van der Waals surface area contributed by atoms with Crippen LogP contribution in [0.5, 0.6) is 0 Å². The van der Waals surface area contributed by atoms with Gasteiger partial charge in [-0.3, -0.25) is 0 Å². The van der Waals surface area contributed by atoms with E-state index in [1.807, 2.05) is 24.3 Å². The Kier molecular flexibility index (Phi) is 9.72. The minimum atomic E-state index is 0. The van der Waals surface area contributed by atoms with E-state index in [-0.39, 0.29) is 40.0 Å². The van der Waals surface area contributed by atoms with E-state index in [9.17, 15) is 0 Å². The van der Waals surface area contributed by atoms with E-state index in [1.165, 1.54) is 0 Å². The van der Waals surface area contributed by atoms with Gasteiger partial charge < -0.3 is 22.3 Å². The van der Waals surface area contributed by atoms with Gasteiger partial charge in [-0.15, -0.1) is 12.1 Å². The molecular weight excluding hydrogens is 226 g/mol. The fourth-order valence-corrected chi connectivity index (χ4v) is 0.816. The molecule has 3 heteroatoms. The first-order valence-corrected chi connectivity index (χ1v) is 3.51. The van der Waals surface area contributed by atoms with Gasteiger partial charge in [0.2, 0.25) is 0 Å². The number of hydrogen-bond acceptors (Lipinski definition) is 1. The van der Waals surface area contributed by atoms with Gasteiger partial charge in [0, 0.05) is 6.04 Å². The van der Waals surface area contributed by atoms with E-state index >= 15 is 0 Å². The van der Waals surface area contributed by atoms with Crippen molar-refractivity contribution < 1.29 is 17.0 Å². The van der Waals surface area contributed by atoms with Gasteiger partial charge in [-0.05, 0) is 13.8 Å². The fraction of sp³-hybridized carbons (Fsp3) is 0.333. The predicted octanol–water partition coefficient (Wildman–Crippen LogP) is -1.07. The molecule has 0 aliphatic carbocycles. The van der Waals surface area contributed by atoms with Crippen molar-refractivity contribution in [1.82, 2.24) is 0 Å². The predicted molar refractivity (Wildman–Crippen MR) is 49.8 cm³/mol. The van der Waals surface area contributed by atoms with Gasteiger partial charge in [0.25, 0.3) is 0 Å². The molecule has 0 aromatic heterocycles. The summed E-state index contributed by atoms with van der Waals surface area (Å²) >= 11 is 0. The first-order valence-electron chi connectivity index (χ1n) is 3.51. The van der Waals surface area contributed by atoms with E-state index in [1.54, 1.807) is 0 Å². The molecule has 62 valence electrons. The summed E-state index contributed by atoms with van der Waals surface area (Å²) in [7, 11) is 0. The Morgan fingerprint density at radius 2 is 1.75 bits per heavy atom. The van der Waals surface area contributed by atoms with Crippen molar-refractivity contribution in [1.29, 1.82) is 0 Å². The van der Waals surface area contributed by atoms with Crippen molar-refractivity contribution >= 4 is 28.7 Å². The van der Waals surface area contributed by atoms with Crippen LogP contribution in [-0.4, -0.2) is 29.1 Å². The molecule has 1 rings (SSSR count). The molecule has 0 unspecified atom stereocenters. The maximum absolute atomic E-state index is 3.28. The Morgan fingerprint density at radius 1 is 1.25 bits per heavy atom. The molecule has 0 amide bonds. The minimum absolute atomic E-state index is 0. The van der Waals surface area contributed by atoms with E-state index < -0.39 is 0 Å². The van der Waals surface area contributed by atoms with Gasteiger partial charge in [0.05, 0.1) is 0 Å². The van der Waals surface area contributed by atoms with Crippen LogP contribution in [0.25, 0.3) is 0 Å². The molecule has 1 aromatic carbocycles. The molecule has 0 aliphatic heterocycles. The molecule has 0 saturated heterocycles. The van der Waals surface area contributed by atoms with Crippen molar-refractivity contribution in [2.24, 2.45) is 0 Å². The standard InChI is InChI=1S/C9H12N.BrH.Mg/c1-8(2)10-9-6-4-3-5-7-9;;/h4-8,10H,1-2H3;1H;/q-1;;+2/p-1. The molecule has 12 heavy (non-hydrogen) atoms. The molecule has 1 nitrogen and oxygen atoms in total. The number of benzene rings is 1. The Balaban J connectivity index is 0. The largest absolute Gasteiger partial charge is 2.00 e. The molecule has 0 saturated carbocycles. The van der Waals surface area contributed by atoms with Crippen LogP contribution < -0.4 is 22.3 Å². The molecule has 0 heterocycles. The van der Waals surface area contributed by atoms with E-state index in [2.05, 4.69) is 25.2 Å². The normalized spacial score (nSPS) is 8.25. The molecular formula is C9H12BrMgN. The SMILES string of the molecule is CC(C)Nc1cc[c-]cc1.[Br-].[Mg+2].